The SMILES string of the molecule is N#CC1(c2nccc(-n3c4nc(Nc5ccc6c(c5)C5(CC5)CNC6)ncc4c(=O)n3CC(F)(F)F)n2)CC1. The van der Waals surface area contributed by atoms with Crippen molar-refractivity contribution in [2.24, 2.45) is 0 Å². The predicted molar refractivity (Wildman–Crippen MR) is 134 cm³/mol. The van der Waals surface area contributed by atoms with E-state index < -0.39 is 23.7 Å². The van der Waals surface area contributed by atoms with Gasteiger partial charge in [-0.15, -0.1) is 0 Å². The van der Waals surface area contributed by atoms with Crippen molar-refractivity contribution < 1.29 is 13.2 Å². The van der Waals surface area contributed by atoms with E-state index >= 15 is 0 Å². The van der Waals surface area contributed by atoms with Crippen LogP contribution in [0.4, 0.5) is 24.8 Å². The number of nitrogens with zero attached hydrogens (tertiary/aromatic N) is 7. The average molecular weight is 534 g/mol. The zero-order chi connectivity index (χ0) is 27.0. The molecule has 13 heteroatoms. The number of rotatable bonds is 5. The van der Waals surface area contributed by atoms with Gasteiger partial charge in [-0.2, -0.15) is 23.4 Å². The number of anilines is 2. The van der Waals surface area contributed by atoms with Crippen LogP contribution in [-0.4, -0.2) is 42.0 Å². The minimum atomic E-state index is -4.68. The highest BCUT2D eigenvalue weighted by molar-refractivity contribution is 5.77. The number of nitriles is 1. The molecule has 1 aliphatic heterocycles. The van der Waals surface area contributed by atoms with E-state index in [0.29, 0.717) is 17.5 Å². The molecule has 0 radical (unpaired) electrons. The molecular formula is C26H22F3N9O. The van der Waals surface area contributed by atoms with Gasteiger partial charge in [0, 0.05) is 42.7 Å². The van der Waals surface area contributed by atoms with E-state index in [1.54, 1.807) is 0 Å². The van der Waals surface area contributed by atoms with E-state index in [9.17, 15) is 23.2 Å². The Morgan fingerprint density at radius 2 is 1.95 bits per heavy atom. The van der Waals surface area contributed by atoms with E-state index in [0.717, 1.165) is 36.3 Å². The molecule has 0 unspecified atom stereocenters. The van der Waals surface area contributed by atoms with Crippen LogP contribution in [0.3, 0.4) is 0 Å². The lowest BCUT2D eigenvalue weighted by Crippen LogP contribution is -2.33. The molecule has 198 valence electrons. The molecule has 7 rings (SSSR count). The Morgan fingerprint density at radius 3 is 2.67 bits per heavy atom. The second-order valence-electron chi connectivity index (χ2n) is 10.5. The molecule has 1 aromatic carbocycles. The summed E-state index contributed by atoms with van der Waals surface area (Å²) in [6.07, 6.45) is 1.27. The summed E-state index contributed by atoms with van der Waals surface area (Å²) in [5.74, 6) is 0.351. The van der Waals surface area contributed by atoms with Gasteiger partial charge in [-0.3, -0.25) is 4.79 Å². The maximum atomic E-state index is 13.5. The fourth-order valence-electron chi connectivity index (χ4n) is 5.40. The first kappa shape index (κ1) is 23.8. The Kier molecular flexibility index (Phi) is 4.94. The number of halogens is 3. The second-order valence-corrected chi connectivity index (χ2v) is 10.5. The number of alkyl halides is 3. The van der Waals surface area contributed by atoms with Gasteiger partial charge in [0.25, 0.3) is 5.56 Å². The van der Waals surface area contributed by atoms with Crippen LogP contribution in [0.25, 0.3) is 16.9 Å². The molecule has 2 N–H and O–H groups in total. The highest BCUT2D eigenvalue weighted by Crippen LogP contribution is 2.51. The standard InChI is InChI=1S/C26H22F3N9O/c27-26(28,29)14-37-21(39)17-11-33-23(34-16-2-1-15-10-31-13-25(6-7-25)18(15)9-16)36-20(17)38(37)19-3-8-32-22(35-19)24(12-30)4-5-24/h1-3,8-9,11,31H,4-7,10,13-14H2,(H,33,34,36). The number of hydrogen-bond donors (Lipinski definition) is 2. The zero-order valence-electron chi connectivity index (χ0n) is 20.6. The predicted octanol–water partition coefficient (Wildman–Crippen LogP) is 3.37. The highest BCUT2D eigenvalue weighted by Gasteiger charge is 2.48. The van der Waals surface area contributed by atoms with Crippen molar-refractivity contribution in [3.05, 3.63) is 64.0 Å². The van der Waals surface area contributed by atoms with Crippen LogP contribution in [0.1, 0.15) is 42.6 Å². The molecule has 3 aliphatic rings. The lowest BCUT2D eigenvalue weighted by molar-refractivity contribution is -0.144. The van der Waals surface area contributed by atoms with E-state index in [2.05, 4.69) is 42.7 Å². The molecule has 2 saturated carbocycles. The van der Waals surface area contributed by atoms with Gasteiger partial charge in [-0.25, -0.2) is 24.3 Å². The van der Waals surface area contributed by atoms with Crippen molar-refractivity contribution in [1.29, 1.82) is 5.26 Å². The summed E-state index contributed by atoms with van der Waals surface area (Å²) in [6, 6.07) is 9.61. The summed E-state index contributed by atoms with van der Waals surface area (Å²) in [5, 5.41) is 16.1. The Bertz CT molecular complexity index is 1740. The van der Waals surface area contributed by atoms with Gasteiger partial charge in [0.05, 0.1) is 6.07 Å². The molecule has 4 heterocycles. The molecule has 0 amide bonds. The van der Waals surface area contributed by atoms with Crippen molar-refractivity contribution in [1.82, 2.24) is 34.6 Å². The molecule has 4 aromatic rings. The van der Waals surface area contributed by atoms with Gasteiger partial charge in [-0.1, -0.05) is 6.07 Å². The largest absolute Gasteiger partial charge is 0.408 e. The van der Waals surface area contributed by atoms with Crippen molar-refractivity contribution in [2.45, 2.75) is 55.8 Å². The molecule has 10 nitrogen and oxygen atoms in total. The van der Waals surface area contributed by atoms with Crippen molar-refractivity contribution in [2.75, 3.05) is 11.9 Å². The van der Waals surface area contributed by atoms with Crippen LogP contribution in [0.5, 0.6) is 0 Å². The molecule has 0 bridgehead atoms. The maximum Gasteiger partial charge on any atom is 0.408 e. The normalized spacial score (nSPS) is 18.5. The van der Waals surface area contributed by atoms with Gasteiger partial charge in [-0.05, 0) is 48.9 Å². The van der Waals surface area contributed by atoms with Crippen LogP contribution in [0.2, 0.25) is 0 Å². The second kappa shape index (κ2) is 8.09. The van der Waals surface area contributed by atoms with Gasteiger partial charge in [0.2, 0.25) is 5.95 Å². The summed E-state index contributed by atoms with van der Waals surface area (Å²) in [4.78, 5) is 30.4. The number of aromatic nitrogens is 6. The summed E-state index contributed by atoms with van der Waals surface area (Å²) < 4.78 is 42.2. The first-order valence-electron chi connectivity index (χ1n) is 12.6. The third kappa shape index (κ3) is 3.94. The van der Waals surface area contributed by atoms with Crippen LogP contribution in [0, 0.1) is 11.3 Å². The summed E-state index contributed by atoms with van der Waals surface area (Å²) in [7, 11) is 0. The van der Waals surface area contributed by atoms with E-state index in [4.69, 9.17) is 0 Å². The fraction of sp³-hybridized carbons (Fsp3) is 0.385. The smallest absolute Gasteiger partial charge is 0.324 e. The first-order chi connectivity index (χ1) is 18.7. The van der Waals surface area contributed by atoms with Gasteiger partial charge >= 0.3 is 6.18 Å². The highest BCUT2D eigenvalue weighted by atomic mass is 19.4. The molecule has 0 atom stereocenters. The van der Waals surface area contributed by atoms with Crippen molar-refractivity contribution in [3.8, 4) is 11.9 Å². The lowest BCUT2D eigenvalue weighted by atomic mass is 9.88. The maximum absolute atomic E-state index is 13.5. The molecule has 2 aliphatic carbocycles. The Balaban J connectivity index is 1.34. The first-order valence-corrected chi connectivity index (χ1v) is 12.6. The van der Waals surface area contributed by atoms with Crippen molar-refractivity contribution >= 4 is 22.7 Å². The Labute approximate surface area is 219 Å². The number of fused-ring (bicyclic) bond motifs is 3. The fourth-order valence-corrected chi connectivity index (χ4v) is 5.40. The summed E-state index contributed by atoms with van der Waals surface area (Å²) >= 11 is 0. The van der Waals surface area contributed by atoms with Gasteiger partial charge in [0.15, 0.2) is 17.3 Å². The minimum absolute atomic E-state index is 0.0134. The Hall–Kier alpha value is -4.31. The number of benzene rings is 1. The summed E-state index contributed by atoms with van der Waals surface area (Å²) in [5.41, 5.74) is 1.62. The quantitative estimate of drug-likeness (QED) is 0.400. The van der Waals surface area contributed by atoms with E-state index in [1.165, 1.54) is 29.6 Å². The Morgan fingerprint density at radius 1 is 1.13 bits per heavy atom. The minimum Gasteiger partial charge on any atom is -0.324 e. The molecule has 2 fully saturated rings. The monoisotopic (exact) mass is 533 g/mol. The van der Waals surface area contributed by atoms with Gasteiger partial charge in [0.1, 0.15) is 17.3 Å². The van der Waals surface area contributed by atoms with Crippen LogP contribution in [-0.2, 0) is 23.9 Å². The molecule has 3 aromatic heterocycles. The third-order valence-corrected chi connectivity index (χ3v) is 7.82. The van der Waals surface area contributed by atoms with Crippen LogP contribution in [0.15, 0.2) is 41.5 Å². The topological polar surface area (TPSA) is 126 Å². The van der Waals surface area contributed by atoms with Crippen LogP contribution < -0.4 is 16.2 Å². The van der Waals surface area contributed by atoms with E-state index in [-0.39, 0.29) is 34.0 Å². The van der Waals surface area contributed by atoms with Crippen molar-refractivity contribution in [3.63, 3.8) is 0 Å². The number of nitrogens with one attached hydrogen (secondary N) is 2. The third-order valence-electron chi connectivity index (χ3n) is 7.82. The number of hydrogen-bond acceptors (Lipinski definition) is 8. The average Bonchev–Trinajstić information content (AvgIpc) is 3.84. The molecule has 39 heavy (non-hydrogen) atoms. The molecule has 1 spiro atoms. The van der Waals surface area contributed by atoms with Crippen LogP contribution >= 0.6 is 0 Å². The van der Waals surface area contributed by atoms with Gasteiger partial charge < -0.3 is 10.6 Å². The molecule has 0 saturated heterocycles. The van der Waals surface area contributed by atoms with E-state index in [1.807, 2.05) is 12.1 Å². The summed E-state index contributed by atoms with van der Waals surface area (Å²) in [6.45, 7) is 0.181. The molecular weight excluding hydrogens is 511 g/mol. The lowest BCUT2D eigenvalue weighted by Gasteiger charge is -2.26. The zero-order valence-corrected chi connectivity index (χ0v) is 20.6.